The van der Waals surface area contributed by atoms with Gasteiger partial charge in [-0.1, -0.05) is 0 Å². The molecule has 1 fully saturated rings. The molecule has 6 nitrogen and oxygen atoms in total. The molecule has 1 aliphatic heterocycles. The number of aliphatic carboxylic acids is 1. The van der Waals surface area contributed by atoms with Gasteiger partial charge in [0.15, 0.2) is 0 Å². The van der Waals surface area contributed by atoms with E-state index in [0.717, 1.165) is 6.42 Å². The molecule has 1 saturated heterocycles. The molecule has 1 rings (SSSR count). The fourth-order valence-corrected chi connectivity index (χ4v) is 1.85. The lowest BCUT2D eigenvalue weighted by Gasteiger charge is -2.36. The average molecular weight is 258 g/mol. The van der Waals surface area contributed by atoms with Gasteiger partial charge in [-0.05, 0) is 27.2 Å². The largest absolute Gasteiger partial charge is 0.481 e. The number of carboxylic acids is 1. The zero-order valence-electron chi connectivity index (χ0n) is 11.2. The highest BCUT2D eigenvalue weighted by atomic mass is 16.5. The molecular formula is C12H22N2O4. The van der Waals surface area contributed by atoms with Gasteiger partial charge in [0.25, 0.3) is 0 Å². The van der Waals surface area contributed by atoms with Crippen LogP contribution in [-0.2, 0) is 9.53 Å². The second-order valence-corrected chi connectivity index (χ2v) is 5.48. The third-order valence-electron chi connectivity index (χ3n) is 2.86. The van der Waals surface area contributed by atoms with Crippen LogP contribution in [0.15, 0.2) is 0 Å². The molecule has 2 amide bonds. The Labute approximate surface area is 107 Å². The van der Waals surface area contributed by atoms with Gasteiger partial charge in [-0.25, -0.2) is 4.79 Å². The molecule has 1 atom stereocenters. The van der Waals surface area contributed by atoms with Crippen molar-refractivity contribution in [2.75, 3.05) is 19.8 Å². The zero-order valence-corrected chi connectivity index (χ0v) is 11.2. The number of urea groups is 1. The Hall–Kier alpha value is -1.30. The zero-order chi connectivity index (χ0) is 13.8. The number of carbonyl (C=O) groups is 2. The number of carboxylic acid groups (broad SMARTS) is 1. The monoisotopic (exact) mass is 258 g/mol. The van der Waals surface area contributed by atoms with Crippen molar-refractivity contribution in [3.8, 4) is 0 Å². The molecule has 1 heterocycles. The fraction of sp³-hybridized carbons (Fsp3) is 0.833. The lowest BCUT2D eigenvalue weighted by Crippen LogP contribution is -2.53. The van der Waals surface area contributed by atoms with E-state index in [1.807, 2.05) is 20.8 Å². The number of carbonyl (C=O) groups excluding carboxylic acids is 1. The van der Waals surface area contributed by atoms with Gasteiger partial charge in [0.2, 0.25) is 0 Å². The molecule has 0 aromatic heterocycles. The first-order valence-corrected chi connectivity index (χ1v) is 6.18. The second kappa shape index (κ2) is 6.04. The van der Waals surface area contributed by atoms with Crippen molar-refractivity contribution < 1.29 is 19.4 Å². The Morgan fingerprint density at radius 3 is 2.56 bits per heavy atom. The van der Waals surface area contributed by atoms with Crippen LogP contribution in [0, 0.1) is 0 Å². The quantitative estimate of drug-likeness (QED) is 0.790. The molecule has 0 aromatic carbocycles. The van der Waals surface area contributed by atoms with Crippen molar-refractivity contribution in [2.45, 2.75) is 45.2 Å². The molecule has 0 aromatic rings. The molecule has 0 radical (unpaired) electrons. The van der Waals surface area contributed by atoms with Gasteiger partial charge in [-0.2, -0.15) is 0 Å². The van der Waals surface area contributed by atoms with Gasteiger partial charge >= 0.3 is 12.0 Å². The van der Waals surface area contributed by atoms with Crippen molar-refractivity contribution in [2.24, 2.45) is 0 Å². The van der Waals surface area contributed by atoms with E-state index in [1.54, 1.807) is 4.90 Å². The highest BCUT2D eigenvalue weighted by molar-refractivity contribution is 5.76. The predicted molar refractivity (Wildman–Crippen MR) is 66.5 cm³/mol. The van der Waals surface area contributed by atoms with Crippen LogP contribution < -0.4 is 5.32 Å². The highest BCUT2D eigenvalue weighted by Crippen LogP contribution is 2.15. The van der Waals surface area contributed by atoms with Crippen LogP contribution in [-0.4, -0.2) is 53.3 Å². The molecule has 1 unspecified atom stereocenters. The summed E-state index contributed by atoms with van der Waals surface area (Å²) in [5.74, 6) is -0.902. The number of ether oxygens (including phenoxy) is 1. The first-order chi connectivity index (χ1) is 8.30. The van der Waals surface area contributed by atoms with Gasteiger partial charge in [-0.15, -0.1) is 0 Å². The van der Waals surface area contributed by atoms with Gasteiger partial charge in [0.1, 0.15) is 0 Å². The number of hydrogen-bond acceptors (Lipinski definition) is 3. The van der Waals surface area contributed by atoms with Crippen molar-refractivity contribution in [1.29, 1.82) is 0 Å². The van der Waals surface area contributed by atoms with E-state index in [-0.39, 0.29) is 25.0 Å². The summed E-state index contributed by atoms with van der Waals surface area (Å²) in [6.45, 7) is 7.06. The third-order valence-corrected chi connectivity index (χ3v) is 2.86. The van der Waals surface area contributed by atoms with Gasteiger partial charge in [-0.3, -0.25) is 4.79 Å². The van der Waals surface area contributed by atoms with E-state index >= 15 is 0 Å². The minimum Gasteiger partial charge on any atom is -0.481 e. The van der Waals surface area contributed by atoms with E-state index in [9.17, 15) is 9.59 Å². The van der Waals surface area contributed by atoms with Crippen LogP contribution in [0.5, 0.6) is 0 Å². The van der Waals surface area contributed by atoms with Crippen molar-refractivity contribution in [3.63, 3.8) is 0 Å². The number of amides is 2. The minimum absolute atomic E-state index is 0.0344. The number of nitrogens with one attached hydrogen (secondary N) is 1. The summed E-state index contributed by atoms with van der Waals surface area (Å²) in [6, 6.07) is -0.188. The van der Waals surface area contributed by atoms with Crippen LogP contribution in [0.1, 0.15) is 33.6 Å². The van der Waals surface area contributed by atoms with Crippen molar-refractivity contribution in [1.82, 2.24) is 10.2 Å². The molecule has 2 N–H and O–H groups in total. The standard InChI is InChI=1S/C12H22N2O4/c1-12(2,3)14(6-4-10(15)16)11(17)13-9-5-7-18-8-9/h9H,4-8H2,1-3H3,(H,13,17)(H,15,16). The summed E-state index contributed by atoms with van der Waals surface area (Å²) in [5.41, 5.74) is -0.404. The summed E-state index contributed by atoms with van der Waals surface area (Å²) in [6.07, 6.45) is 0.758. The summed E-state index contributed by atoms with van der Waals surface area (Å²) in [5, 5.41) is 11.6. The molecule has 0 bridgehead atoms. The maximum Gasteiger partial charge on any atom is 0.318 e. The lowest BCUT2D eigenvalue weighted by molar-refractivity contribution is -0.137. The summed E-state index contributed by atoms with van der Waals surface area (Å²) in [7, 11) is 0. The molecule has 104 valence electrons. The van der Waals surface area contributed by atoms with E-state index in [2.05, 4.69) is 5.32 Å². The maximum atomic E-state index is 12.1. The first-order valence-electron chi connectivity index (χ1n) is 6.18. The van der Waals surface area contributed by atoms with Crippen molar-refractivity contribution in [3.05, 3.63) is 0 Å². The van der Waals surface area contributed by atoms with E-state index in [4.69, 9.17) is 9.84 Å². The first kappa shape index (κ1) is 14.8. The normalized spacial score (nSPS) is 19.6. The molecule has 1 aliphatic rings. The topological polar surface area (TPSA) is 78.9 Å². The Kier molecular flexibility index (Phi) is 4.95. The van der Waals surface area contributed by atoms with Gasteiger partial charge < -0.3 is 20.1 Å². The summed E-state index contributed by atoms with van der Waals surface area (Å²) >= 11 is 0. The van der Waals surface area contributed by atoms with E-state index in [0.29, 0.717) is 13.2 Å². The minimum atomic E-state index is -0.902. The lowest BCUT2D eigenvalue weighted by atomic mass is 10.1. The van der Waals surface area contributed by atoms with Crippen LogP contribution in [0.25, 0.3) is 0 Å². The van der Waals surface area contributed by atoms with Crippen molar-refractivity contribution >= 4 is 12.0 Å². The maximum absolute atomic E-state index is 12.1. The van der Waals surface area contributed by atoms with Crippen LogP contribution in [0.4, 0.5) is 4.79 Å². The van der Waals surface area contributed by atoms with E-state index < -0.39 is 11.5 Å². The Morgan fingerprint density at radius 1 is 1.44 bits per heavy atom. The molecule has 6 heteroatoms. The predicted octanol–water partition coefficient (Wildman–Crippen LogP) is 1.06. The Morgan fingerprint density at radius 2 is 2.11 bits per heavy atom. The highest BCUT2D eigenvalue weighted by Gasteiger charge is 2.29. The fourth-order valence-electron chi connectivity index (χ4n) is 1.85. The van der Waals surface area contributed by atoms with E-state index in [1.165, 1.54) is 0 Å². The smallest absolute Gasteiger partial charge is 0.318 e. The summed E-state index contributed by atoms with van der Waals surface area (Å²) in [4.78, 5) is 24.3. The molecule has 0 spiro atoms. The SMILES string of the molecule is CC(C)(C)N(CCC(=O)O)C(=O)NC1CCOC1. The number of hydrogen-bond donors (Lipinski definition) is 2. The second-order valence-electron chi connectivity index (χ2n) is 5.48. The molecule has 0 saturated carbocycles. The van der Waals surface area contributed by atoms with Gasteiger partial charge in [0, 0.05) is 18.7 Å². The molecular weight excluding hydrogens is 236 g/mol. The van der Waals surface area contributed by atoms with Crippen LogP contribution in [0.3, 0.4) is 0 Å². The van der Waals surface area contributed by atoms with Crippen LogP contribution in [0.2, 0.25) is 0 Å². The average Bonchev–Trinajstić information content (AvgIpc) is 2.67. The molecule has 18 heavy (non-hydrogen) atoms. The van der Waals surface area contributed by atoms with Crippen LogP contribution >= 0.6 is 0 Å². The third kappa shape index (κ3) is 4.52. The Bertz CT molecular complexity index is 306. The Balaban J connectivity index is 2.57. The van der Waals surface area contributed by atoms with Gasteiger partial charge in [0.05, 0.1) is 19.1 Å². The number of nitrogens with zero attached hydrogens (tertiary/aromatic N) is 1. The summed E-state index contributed by atoms with van der Waals surface area (Å²) < 4.78 is 5.19. The molecule has 0 aliphatic carbocycles. The number of rotatable bonds is 4.